The molecule has 72 valence electrons. The van der Waals surface area contributed by atoms with Crippen LogP contribution in [0.2, 0.25) is 0 Å². The third-order valence-corrected chi connectivity index (χ3v) is 1.96. The Bertz CT molecular complexity index is 417. The van der Waals surface area contributed by atoms with Crippen molar-refractivity contribution in [1.82, 2.24) is 4.90 Å². The molecule has 0 aromatic carbocycles. The molecule has 14 heavy (non-hydrogen) atoms. The van der Waals surface area contributed by atoms with Crippen molar-refractivity contribution >= 4 is 17.9 Å². The second kappa shape index (κ2) is 3.02. The minimum Gasteiger partial charge on any atom is -0.465 e. The van der Waals surface area contributed by atoms with Crippen LogP contribution in [-0.2, 0) is 4.79 Å². The molecule has 2 rings (SSSR count). The average Bonchev–Trinajstić information content (AvgIpc) is 2.71. The van der Waals surface area contributed by atoms with E-state index in [1.807, 2.05) is 0 Å². The molecule has 0 unspecified atom stereocenters. The van der Waals surface area contributed by atoms with Gasteiger partial charge in [-0.1, -0.05) is 0 Å². The summed E-state index contributed by atoms with van der Waals surface area (Å²) in [6.45, 7) is 0. The van der Waals surface area contributed by atoms with E-state index < -0.39 is 0 Å². The predicted molar refractivity (Wildman–Crippen MR) is 51.1 cm³/mol. The Hall–Kier alpha value is -2.04. The number of guanidine groups is 1. The first kappa shape index (κ1) is 8.55. The topological polar surface area (TPSA) is 71.8 Å². The number of nitrogens with two attached hydrogens (primary N) is 1. The number of amides is 1. The summed E-state index contributed by atoms with van der Waals surface area (Å²) >= 11 is 0. The first-order valence-electron chi connectivity index (χ1n) is 4.06. The quantitative estimate of drug-likeness (QED) is 0.652. The van der Waals surface area contributed by atoms with Gasteiger partial charge < -0.3 is 15.1 Å². The van der Waals surface area contributed by atoms with Crippen LogP contribution in [0, 0.1) is 0 Å². The maximum absolute atomic E-state index is 11.3. The van der Waals surface area contributed by atoms with Crippen LogP contribution < -0.4 is 5.73 Å². The standard InChI is InChI=1S/C9H9N3O2/c1-12-7(8(13)11-9(12)10)5-6-3-2-4-14-6/h2-5H,1H3,(H2,10,11,13)/b7-5-. The normalized spacial score (nSPS) is 19.2. The van der Waals surface area contributed by atoms with Gasteiger partial charge in [0.1, 0.15) is 11.5 Å². The number of aliphatic imine (C=N–C) groups is 1. The molecule has 5 nitrogen and oxygen atoms in total. The van der Waals surface area contributed by atoms with Gasteiger partial charge in [0.15, 0.2) is 0 Å². The molecule has 1 aliphatic heterocycles. The Morgan fingerprint density at radius 2 is 2.43 bits per heavy atom. The lowest BCUT2D eigenvalue weighted by molar-refractivity contribution is -0.114. The second-order valence-electron chi connectivity index (χ2n) is 2.88. The Morgan fingerprint density at radius 1 is 1.64 bits per heavy atom. The van der Waals surface area contributed by atoms with Crippen molar-refractivity contribution in [1.29, 1.82) is 0 Å². The van der Waals surface area contributed by atoms with Crippen LogP contribution in [0.3, 0.4) is 0 Å². The lowest BCUT2D eigenvalue weighted by Crippen LogP contribution is -2.28. The third-order valence-electron chi connectivity index (χ3n) is 1.96. The molecule has 1 aliphatic rings. The minimum absolute atomic E-state index is 0.202. The van der Waals surface area contributed by atoms with Crippen molar-refractivity contribution in [2.24, 2.45) is 10.7 Å². The summed E-state index contributed by atoms with van der Waals surface area (Å²) in [7, 11) is 1.68. The van der Waals surface area contributed by atoms with Crippen LogP contribution in [0.5, 0.6) is 0 Å². The van der Waals surface area contributed by atoms with E-state index in [2.05, 4.69) is 4.99 Å². The predicted octanol–water partition coefficient (Wildman–Crippen LogP) is 0.407. The fourth-order valence-electron chi connectivity index (χ4n) is 1.17. The van der Waals surface area contributed by atoms with Crippen LogP contribution in [-0.4, -0.2) is 23.8 Å². The molecule has 0 fully saturated rings. The van der Waals surface area contributed by atoms with Crippen molar-refractivity contribution in [3.05, 3.63) is 29.9 Å². The summed E-state index contributed by atoms with van der Waals surface area (Å²) in [4.78, 5) is 16.4. The van der Waals surface area contributed by atoms with Crippen molar-refractivity contribution in [2.45, 2.75) is 0 Å². The molecule has 0 saturated heterocycles. The highest BCUT2D eigenvalue weighted by Crippen LogP contribution is 2.15. The summed E-state index contributed by atoms with van der Waals surface area (Å²) in [5, 5.41) is 0. The lowest BCUT2D eigenvalue weighted by atomic mass is 10.3. The van der Waals surface area contributed by atoms with Crippen molar-refractivity contribution in [2.75, 3.05) is 7.05 Å². The van der Waals surface area contributed by atoms with Crippen molar-refractivity contribution in [3.8, 4) is 0 Å². The molecule has 0 spiro atoms. The summed E-state index contributed by atoms with van der Waals surface area (Å²) in [5.41, 5.74) is 5.89. The zero-order valence-electron chi connectivity index (χ0n) is 7.60. The summed E-state index contributed by atoms with van der Waals surface area (Å²) in [5.74, 6) is 0.458. The molecule has 0 aliphatic carbocycles. The fraction of sp³-hybridized carbons (Fsp3) is 0.111. The number of likely N-dealkylation sites (N-methyl/N-ethyl adjacent to an activating group) is 1. The molecule has 2 N–H and O–H groups in total. The van der Waals surface area contributed by atoms with E-state index in [4.69, 9.17) is 10.2 Å². The molecule has 0 radical (unpaired) electrons. The first-order chi connectivity index (χ1) is 6.68. The molecule has 1 aromatic rings. The molecule has 5 heteroatoms. The second-order valence-corrected chi connectivity index (χ2v) is 2.88. The third kappa shape index (κ3) is 1.28. The Kier molecular flexibility index (Phi) is 1.85. The highest BCUT2D eigenvalue weighted by molar-refractivity contribution is 6.11. The molecule has 1 amide bonds. The summed E-state index contributed by atoms with van der Waals surface area (Å²) in [6.07, 6.45) is 3.14. The number of hydrogen-bond donors (Lipinski definition) is 1. The van der Waals surface area contributed by atoms with E-state index in [0.29, 0.717) is 11.5 Å². The highest BCUT2D eigenvalue weighted by atomic mass is 16.3. The van der Waals surface area contributed by atoms with Gasteiger partial charge in [-0.05, 0) is 12.1 Å². The van der Waals surface area contributed by atoms with Gasteiger partial charge in [-0.25, -0.2) is 0 Å². The zero-order valence-corrected chi connectivity index (χ0v) is 7.60. The van der Waals surface area contributed by atoms with E-state index in [9.17, 15) is 4.79 Å². The Morgan fingerprint density at radius 3 is 2.93 bits per heavy atom. The van der Waals surface area contributed by atoms with Crippen LogP contribution in [0.1, 0.15) is 5.76 Å². The fourth-order valence-corrected chi connectivity index (χ4v) is 1.17. The molecular weight excluding hydrogens is 182 g/mol. The SMILES string of the molecule is CN1C(N)=NC(=O)/C1=C/c1ccco1. The van der Waals surface area contributed by atoms with Gasteiger partial charge in [0.05, 0.1) is 6.26 Å². The number of furan rings is 1. The minimum atomic E-state index is -0.346. The molecule has 1 aromatic heterocycles. The largest absolute Gasteiger partial charge is 0.465 e. The summed E-state index contributed by atoms with van der Waals surface area (Å²) < 4.78 is 5.08. The van der Waals surface area contributed by atoms with Gasteiger partial charge in [-0.15, -0.1) is 0 Å². The van der Waals surface area contributed by atoms with E-state index in [0.717, 1.165) is 0 Å². The monoisotopic (exact) mass is 191 g/mol. The number of nitrogens with zero attached hydrogens (tertiary/aromatic N) is 2. The van der Waals surface area contributed by atoms with Gasteiger partial charge in [0, 0.05) is 13.1 Å². The Labute approximate surface area is 80.5 Å². The molecular formula is C9H9N3O2. The van der Waals surface area contributed by atoms with Crippen LogP contribution in [0.15, 0.2) is 33.5 Å². The molecule has 2 heterocycles. The van der Waals surface area contributed by atoms with Crippen LogP contribution >= 0.6 is 0 Å². The van der Waals surface area contributed by atoms with E-state index >= 15 is 0 Å². The Balaban J connectivity index is 2.33. The first-order valence-corrected chi connectivity index (χ1v) is 4.06. The average molecular weight is 191 g/mol. The van der Waals surface area contributed by atoms with Gasteiger partial charge in [-0.2, -0.15) is 4.99 Å². The summed E-state index contributed by atoms with van der Waals surface area (Å²) in [6, 6.07) is 3.50. The van der Waals surface area contributed by atoms with Crippen LogP contribution in [0.4, 0.5) is 0 Å². The van der Waals surface area contributed by atoms with E-state index in [1.165, 1.54) is 11.2 Å². The maximum atomic E-state index is 11.3. The highest BCUT2D eigenvalue weighted by Gasteiger charge is 2.24. The smallest absolute Gasteiger partial charge is 0.297 e. The maximum Gasteiger partial charge on any atom is 0.297 e. The van der Waals surface area contributed by atoms with E-state index in [1.54, 1.807) is 25.3 Å². The number of carbonyl (C=O) groups excluding carboxylic acids is 1. The van der Waals surface area contributed by atoms with Gasteiger partial charge in [0.2, 0.25) is 5.96 Å². The number of rotatable bonds is 1. The van der Waals surface area contributed by atoms with Gasteiger partial charge in [-0.3, -0.25) is 4.79 Å². The van der Waals surface area contributed by atoms with Gasteiger partial charge in [0.25, 0.3) is 5.91 Å². The van der Waals surface area contributed by atoms with E-state index in [-0.39, 0.29) is 11.9 Å². The lowest BCUT2D eigenvalue weighted by Gasteiger charge is -2.09. The number of hydrogen-bond acceptors (Lipinski definition) is 4. The van der Waals surface area contributed by atoms with Crippen molar-refractivity contribution in [3.63, 3.8) is 0 Å². The van der Waals surface area contributed by atoms with Crippen LogP contribution in [0.25, 0.3) is 6.08 Å². The number of carbonyl (C=O) groups is 1. The van der Waals surface area contributed by atoms with Gasteiger partial charge >= 0.3 is 0 Å². The van der Waals surface area contributed by atoms with Crippen molar-refractivity contribution < 1.29 is 9.21 Å². The molecule has 0 atom stereocenters. The molecule has 0 saturated carbocycles. The molecule has 0 bridgehead atoms. The zero-order chi connectivity index (χ0) is 10.1.